The molecule has 0 radical (unpaired) electrons. The Balaban J connectivity index is 1.70. The molecule has 0 aliphatic carbocycles. The minimum absolute atomic E-state index is 0.910. The van der Waals surface area contributed by atoms with Crippen molar-refractivity contribution in [1.82, 2.24) is 19.5 Å². The van der Waals surface area contributed by atoms with Crippen molar-refractivity contribution in [2.75, 3.05) is 0 Å². The predicted octanol–water partition coefficient (Wildman–Crippen LogP) is 6.91. The van der Waals surface area contributed by atoms with Crippen LogP contribution in [0.3, 0.4) is 0 Å². The van der Waals surface area contributed by atoms with E-state index in [2.05, 4.69) is 91.7 Å². The molecule has 0 fully saturated rings. The zero-order valence-electron chi connectivity index (χ0n) is 17.0. The number of halogens is 1. The van der Waals surface area contributed by atoms with Crippen molar-refractivity contribution in [1.29, 1.82) is 0 Å². The molecule has 6 rings (SSSR count). The van der Waals surface area contributed by atoms with Crippen LogP contribution in [-0.4, -0.2) is 19.5 Å². The Labute approximate surface area is 198 Å². The molecule has 0 aliphatic heterocycles. The highest BCUT2D eigenvalue weighted by molar-refractivity contribution is 14.1. The fraction of sp³-hybridized carbons (Fsp3) is 0. The lowest BCUT2D eigenvalue weighted by Crippen LogP contribution is -1.98. The van der Waals surface area contributed by atoms with E-state index in [1.807, 2.05) is 24.3 Å². The molecule has 0 amide bonds. The molecule has 4 aromatic heterocycles. The van der Waals surface area contributed by atoms with E-state index >= 15 is 0 Å². The van der Waals surface area contributed by atoms with E-state index in [0.29, 0.717) is 0 Å². The second-order valence-corrected chi connectivity index (χ2v) is 8.83. The zero-order valence-corrected chi connectivity index (χ0v) is 19.1. The second-order valence-electron chi connectivity index (χ2n) is 7.58. The van der Waals surface area contributed by atoms with Crippen LogP contribution in [0.15, 0.2) is 104 Å². The Morgan fingerprint density at radius 1 is 0.594 bits per heavy atom. The van der Waals surface area contributed by atoms with E-state index in [-0.39, 0.29) is 0 Å². The Morgan fingerprint density at radius 2 is 1.19 bits per heavy atom. The van der Waals surface area contributed by atoms with E-state index in [1.54, 1.807) is 24.8 Å². The number of fused-ring (bicyclic) bond motifs is 3. The maximum absolute atomic E-state index is 4.99. The molecule has 32 heavy (non-hydrogen) atoms. The first-order valence-electron chi connectivity index (χ1n) is 10.3. The lowest BCUT2D eigenvalue weighted by Gasteiger charge is -2.13. The van der Waals surface area contributed by atoms with Crippen molar-refractivity contribution in [3.8, 4) is 28.2 Å². The molecule has 0 saturated carbocycles. The summed E-state index contributed by atoms with van der Waals surface area (Å²) < 4.78 is 3.56. The summed E-state index contributed by atoms with van der Waals surface area (Å²) in [5.74, 6) is 0. The topological polar surface area (TPSA) is 43.6 Å². The monoisotopic (exact) mass is 524 g/mol. The van der Waals surface area contributed by atoms with E-state index in [4.69, 9.17) is 4.98 Å². The minimum Gasteiger partial charge on any atom is -0.309 e. The van der Waals surface area contributed by atoms with Gasteiger partial charge in [0, 0.05) is 50.3 Å². The highest BCUT2D eigenvalue weighted by Crippen LogP contribution is 2.35. The molecule has 5 heteroatoms. The van der Waals surface area contributed by atoms with Crippen LogP contribution in [0.4, 0.5) is 0 Å². The number of hydrogen-bond acceptors (Lipinski definition) is 3. The number of hydrogen-bond donors (Lipinski definition) is 0. The lowest BCUT2D eigenvalue weighted by molar-refractivity contribution is 1.16. The van der Waals surface area contributed by atoms with Gasteiger partial charge in [-0.25, -0.2) is 4.98 Å². The van der Waals surface area contributed by atoms with Crippen LogP contribution in [0.5, 0.6) is 0 Å². The molecule has 0 N–H and O–H groups in total. The molecule has 2 aromatic carbocycles. The summed E-state index contributed by atoms with van der Waals surface area (Å²) in [6, 6.07) is 27.5. The van der Waals surface area contributed by atoms with Crippen LogP contribution in [0, 0.1) is 3.57 Å². The van der Waals surface area contributed by atoms with Crippen LogP contribution in [-0.2, 0) is 0 Å². The van der Waals surface area contributed by atoms with Crippen LogP contribution < -0.4 is 0 Å². The SMILES string of the molecule is Ic1ccc2c(c1)c1ccccc1n2-c1cc(-c2ccncc2)nc(-c2ccncc2)c1. The average molecular weight is 524 g/mol. The fourth-order valence-electron chi connectivity index (χ4n) is 4.21. The third kappa shape index (κ3) is 3.26. The number of para-hydroxylation sites is 1. The zero-order chi connectivity index (χ0) is 21.5. The van der Waals surface area contributed by atoms with Gasteiger partial charge in [-0.1, -0.05) is 18.2 Å². The van der Waals surface area contributed by atoms with Crippen LogP contribution in [0.2, 0.25) is 0 Å². The normalized spacial score (nSPS) is 11.3. The number of pyridine rings is 3. The van der Waals surface area contributed by atoms with E-state index < -0.39 is 0 Å². The van der Waals surface area contributed by atoms with Gasteiger partial charge in [0.1, 0.15) is 0 Å². The lowest BCUT2D eigenvalue weighted by atomic mass is 10.1. The molecule has 152 valence electrons. The van der Waals surface area contributed by atoms with Gasteiger partial charge in [-0.2, -0.15) is 0 Å². The minimum atomic E-state index is 0.910. The van der Waals surface area contributed by atoms with Crippen LogP contribution >= 0.6 is 22.6 Å². The van der Waals surface area contributed by atoms with Gasteiger partial charge in [0.25, 0.3) is 0 Å². The molecule has 0 saturated heterocycles. The van der Waals surface area contributed by atoms with Gasteiger partial charge >= 0.3 is 0 Å². The summed E-state index contributed by atoms with van der Waals surface area (Å²) in [5, 5.41) is 2.49. The molecule has 0 unspecified atom stereocenters. The maximum Gasteiger partial charge on any atom is 0.0731 e. The van der Waals surface area contributed by atoms with Crippen LogP contribution in [0.1, 0.15) is 0 Å². The first-order chi connectivity index (χ1) is 15.8. The van der Waals surface area contributed by atoms with Gasteiger partial charge in [-0.15, -0.1) is 0 Å². The van der Waals surface area contributed by atoms with Gasteiger partial charge in [-0.05, 0) is 83.3 Å². The van der Waals surface area contributed by atoms with E-state index in [0.717, 1.165) is 28.2 Å². The predicted molar refractivity (Wildman–Crippen MR) is 138 cm³/mol. The van der Waals surface area contributed by atoms with Crippen molar-refractivity contribution in [2.24, 2.45) is 0 Å². The van der Waals surface area contributed by atoms with Gasteiger partial charge in [0.2, 0.25) is 0 Å². The summed E-state index contributed by atoms with van der Waals surface area (Å²) in [7, 11) is 0. The Kier molecular flexibility index (Phi) is 4.69. The highest BCUT2D eigenvalue weighted by atomic mass is 127. The molecular formula is C27H17IN4. The summed E-state index contributed by atoms with van der Waals surface area (Å²) in [6.07, 6.45) is 7.22. The fourth-order valence-corrected chi connectivity index (χ4v) is 4.70. The van der Waals surface area contributed by atoms with Crippen molar-refractivity contribution >= 4 is 44.4 Å². The van der Waals surface area contributed by atoms with Gasteiger partial charge in [0.05, 0.1) is 28.1 Å². The largest absolute Gasteiger partial charge is 0.309 e. The Hall–Kier alpha value is -3.58. The molecule has 4 heterocycles. The quantitative estimate of drug-likeness (QED) is 0.237. The Bertz CT molecular complexity index is 1520. The molecule has 0 aliphatic rings. The van der Waals surface area contributed by atoms with Crippen LogP contribution in [0.25, 0.3) is 50.0 Å². The summed E-state index contributed by atoms with van der Waals surface area (Å²) in [4.78, 5) is 13.3. The highest BCUT2D eigenvalue weighted by Gasteiger charge is 2.15. The average Bonchev–Trinajstić information content (AvgIpc) is 3.18. The molecule has 0 spiro atoms. The number of nitrogens with zero attached hydrogens (tertiary/aromatic N) is 4. The van der Waals surface area contributed by atoms with E-state index in [9.17, 15) is 0 Å². The molecule has 4 nitrogen and oxygen atoms in total. The molecule has 6 aromatic rings. The van der Waals surface area contributed by atoms with Crippen molar-refractivity contribution in [3.63, 3.8) is 0 Å². The Morgan fingerprint density at radius 3 is 1.84 bits per heavy atom. The number of benzene rings is 2. The third-order valence-corrected chi connectivity index (χ3v) is 6.33. The van der Waals surface area contributed by atoms with Gasteiger partial charge in [-0.3, -0.25) is 9.97 Å². The van der Waals surface area contributed by atoms with Gasteiger partial charge < -0.3 is 4.57 Å². The second kappa shape index (κ2) is 7.84. The maximum atomic E-state index is 4.99. The van der Waals surface area contributed by atoms with E-state index in [1.165, 1.54) is 25.4 Å². The first kappa shape index (κ1) is 19.1. The number of aromatic nitrogens is 4. The van der Waals surface area contributed by atoms with Crippen molar-refractivity contribution in [2.45, 2.75) is 0 Å². The summed E-state index contributed by atoms with van der Waals surface area (Å²) in [6.45, 7) is 0. The first-order valence-corrected chi connectivity index (χ1v) is 11.4. The molecular weight excluding hydrogens is 507 g/mol. The smallest absolute Gasteiger partial charge is 0.0731 e. The summed E-state index contributed by atoms with van der Waals surface area (Å²) >= 11 is 2.38. The number of rotatable bonds is 3. The van der Waals surface area contributed by atoms with Crippen molar-refractivity contribution < 1.29 is 0 Å². The third-order valence-electron chi connectivity index (χ3n) is 5.66. The summed E-state index contributed by atoms with van der Waals surface area (Å²) in [5.41, 5.74) is 7.32. The molecule has 0 atom stereocenters. The standard InChI is InChI=1S/C27H17IN4/c28-20-5-6-27-23(15-20)22-3-1-2-4-26(22)32(27)21-16-24(18-7-11-29-12-8-18)31-25(17-21)19-9-13-30-14-10-19/h1-17H. The van der Waals surface area contributed by atoms with Crippen molar-refractivity contribution in [3.05, 3.63) is 107 Å². The molecule has 0 bridgehead atoms. The van der Waals surface area contributed by atoms with Gasteiger partial charge in [0.15, 0.2) is 0 Å².